The Hall–Kier alpha value is -0.930. The van der Waals surface area contributed by atoms with Gasteiger partial charge in [-0.3, -0.25) is 4.90 Å². The van der Waals surface area contributed by atoms with Crippen LogP contribution in [0.3, 0.4) is 0 Å². The lowest BCUT2D eigenvalue weighted by atomic mass is 9.87. The highest BCUT2D eigenvalue weighted by Crippen LogP contribution is 2.31. The number of halogens is 1. The fourth-order valence-electron chi connectivity index (χ4n) is 3.39. The average molecular weight is 248 g/mol. The van der Waals surface area contributed by atoms with E-state index in [1.165, 1.54) is 19.0 Å². The molecule has 0 spiro atoms. The molecule has 2 fully saturated rings. The molecule has 3 rings (SSSR count). The molecule has 18 heavy (non-hydrogen) atoms. The molecule has 2 saturated heterocycles. The third-order valence-electron chi connectivity index (χ3n) is 4.61. The zero-order valence-corrected chi connectivity index (χ0v) is 10.9. The number of nitrogens with one attached hydrogen (secondary N) is 1. The molecular formula is C15H21FN2. The minimum Gasteiger partial charge on any atom is -0.316 e. The molecule has 98 valence electrons. The van der Waals surface area contributed by atoms with Crippen LogP contribution >= 0.6 is 0 Å². The predicted molar refractivity (Wildman–Crippen MR) is 70.9 cm³/mol. The molecule has 0 aromatic heterocycles. The molecule has 2 aliphatic heterocycles. The van der Waals surface area contributed by atoms with Crippen molar-refractivity contribution in [3.05, 3.63) is 35.6 Å². The number of fused-ring (bicyclic) bond motifs is 1. The SMILES string of the molecule is CC(c1cccc(F)c1)N1CCC2CNCC2C1. The summed E-state index contributed by atoms with van der Waals surface area (Å²) in [5, 5.41) is 3.49. The Morgan fingerprint density at radius 1 is 1.33 bits per heavy atom. The highest BCUT2D eigenvalue weighted by Gasteiger charge is 2.34. The summed E-state index contributed by atoms with van der Waals surface area (Å²) in [5.41, 5.74) is 1.10. The van der Waals surface area contributed by atoms with Gasteiger partial charge >= 0.3 is 0 Å². The van der Waals surface area contributed by atoms with E-state index >= 15 is 0 Å². The molecule has 2 nitrogen and oxygen atoms in total. The van der Waals surface area contributed by atoms with E-state index in [1.807, 2.05) is 12.1 Å². The Morgan fingerprint density at radius 2 is 2.17 bits per heavy atom. The van der Waals surface area contributed by atoms with Gasteiger partial charge < -0.3 is 5.32 Å². The van der Waals surface area contributed by atoms with Crippen LogP contribution in [-0.2, 0) is 0 Å². The van der Waals surface area contributed by atoms with Crippen LogP contribution in [0.5, 0.6) is 0 Å². The van der Waals surface area contributed by atoms with E-state index in [4.69, 9.17) is 0 Å². The Kier molecular flexibility index (Phi) is 3.35. The largest absolute Gasteiger partial charge is 0.316 e. The van der Waals surface area contributed by atoms with E-state index in [0.717, 1.165) is 37.0 Å². The van der Waals surface area contributed by atoms with Crippen LogP contribution in [-0.4, -0.2) is 31.1 Å². The maximum Gasteiger partial charge on any atom is 0.123 e. The second-order valence-electron chi connectivity index (χ2n) is 5.69. The van der Waals surface area contributed by atoms with Gasteiger partial charge in [-0.2, -0.15) is 0 Å². The fourth-order valence-corrected chi connectivity index (χ4v) is 3.39. The fraction of sp³-hybridized carbons (Fsp3) is 0.600. The van der Waals surface area contributed by atoms with Gasteiger partial charge in [-0.1, -0.05) is 12.1 Å². The first-order chi connectivity index (χ1) is 8.74. The third kappa shape index (κ3) is 2.29. The van der Waals surface area contributed by atoms with E-state index in [2.05, 4.69) is 17.1 Å². The highest BCUT2D eigenvalue weighted by molar-refractivity contribution is 5.20. The summed E-state index contributed by atoms with van der Waals surface area (Å²) < 4.78 is 13.3. The van der Waals surface area contributed by atoms with Crippen molar-refractivity contribution < 1.29 is 4.39 Å². The van der Waals surface area contributed by atoms with E-state index in [1.54, 1.807) is 6.07 Å². The first kappa shape index (κ1) is 12.1. The summed E-state index contributed by atoms with van der Waals surface area (Å²) in [5.74, 6) is 1.52. The Morgan fingerprint density at radius 3 is 3.00 bits per heavy atom. The molecule has 0 bridgehead atoms. The molecule has 0 radical (unpaired) electrons. The lowest BCUT2D eigenvalue weighted by molar-refractivity contribution is 0.111. The molecule has 0 aliphatic carbocycles. The van der Waals surface area contributed by atoms with Crippen molar-refractivity contribution in [2.75, 3.05) is 26.2 Å². The van der Waals surface area contributed by atoms with E-state index in [0.29, 0.717) is 6.04 Å². The van der Waals surface area contributed by atoms with Gasteiger partial charge in [0.15, 0.2) is 0 Å². The Bertz CT molecular complexity index is 421. The quantitative estimate of drug-likeness (QED) is 0.864. The second kappa shape index (κ2) is 4.98. The van der Waals surface area contributed by atoms with Crippen LogP contribution in [0.2, 0.25) is 0 Å². The van der Waals surface area contributed by atoms with Gasteiger partial charge in [-0.15, -0.1) is 0 Å². The number of nitrogens with zero attached hydrogens (tertiary/aromatic N) is 1. The van der Waals surface area contributed by atoms with Gasteiger partial charge in [0, 0.05) is 12.6 Å². The average Bonchev–Trinajstić information content (AvgIpc) is 2.85. The van der Waals surface area contributed by atoms with Gasteiger partial charge in [-0.05, 0) is 62.5 Å². The molecular weight excluding hydrogens is 227 g/mol. The summed E-state index contributed by atoms with van der Waals surface area (Å²) in [7, 11) is 0. The number of hydrogen-bond acceptors (Lipinski definition) is 2. The summed E-state index contributed by atoms with van der Waals surface area (Å²) in [6.07, 6.45) is 1.28. The number of benzene rings is 1. The summed E-state index contributed by atoms with van der Waals surface area (Å²) in [6, 6.07) is 7.35. The lowest BCUT2D eigenvalue weighted by Crippen LogP contribution is -2.41. The van der Waals surface area contributed by atoms with Crippen LogP contribution in [0.25, 0.3) is 0 Å². The summed E-state index contributed by atoms with van der Waals surface area (Å²) in [4.78, 5) is 2.50. The number of piperidine rings is 1. The topological polar surface area (TPSA) is 15.3 Å². The van der Waals surface area contributed by atoms with Gasteiger partial charge in [0.1, 0.15) is 5.82 Å². The smallest absolute Gasteiger partial charge is 0.123 e. The van der Waals surface area contributed by atoms with Crippen molar-refractivity contribution in [3.8, 4) is 0 Å². The molecule has 3 atom stereocenters. The van der Waals surface area contributed by atoms with E-state index in [9.17, 15) is 4.39 Å². The van der Waals surface area contributed by atoms with Gasteiger partial charge in [-0.25, -0.2) is 4.39 Å². The van der Waals surface area contributed by atoms with Crippen LogP contribution in [0.1, 0.15) is 24.9 Å². The van der Waals surface area contributed by atoms with Crippen molar-refractivity contribution in [3.63, 3.8) is 0 Å². The van der Waals surface area contributed by atoms with Crippen molar-refractivity contribution >= 4 is 0 Å². The maximum atomic E-state index is 13.3. The van der Waals surface area contributed by atoms with Crippen molar-refractivity contribution in [1.82, 2.24) is 10.2 Å². The third-order valence-corrected chi connectivity index (χ3v) is 4.61. The lowest BCUT2D eigenvalue weighted by Gasteiger charge is -2.38. The zero-order chi connectivity index (χ0) is 12.5. The first-order valence-corrected chi connectivity index (χ1v) is 6.94. The van der Waals surface area contributed by atoms with Crippen LogP contribution < -0.4 is 5.32 Å². The standard InChI is InChI=1S/C15H21FN2/c1-11(12-3-2-4-15(16)7-12)18-6-5-13-8-17-9-14(13)10-18/h2-4,7,11,13-14,17H,5-6,8-10H2,1H3. The normalized spacial score (nSPS) is 30.1. The molecule has 3 unspecified atom stereocenters. The van der Waals surface area contributed by atoms with Gasteiger partial charge in [0.05, 0.1) is 0 Å². The van der Waals surface area contributed by atoms with Gasteiger partial charge in [0.2, 0.25) is 0 Å². The zero-order valence-electron chi connectivity index (χ0n) is 10.9. The first-order valence-electron chi connectivity index (χ1n) is 6.94. The molecule has 0 saturated carbocycles. The second-order valence-corrected chi connectivity index (χ2v) is 5.69. The monoisotopic (exact) mass is 248 g/mol. The van der Waals surface area contributed by atoms with E-state index < -0.39 is 0 Å². The Balaban J connectivity index is 1.71. The molecule has 1 N–H and O–H groups in total. The van der Waals surface area contributed by atoms with E-state index in [-0.39, 0.29) is 5.82 Å². The minimum absolute atomic E-state index is 0.128. The Labute approximate surface area is 108 Å². The van der Waals surface area contributed by atoms with Crippen molar-refractivity contribution in [2.24, 2.45) is 11.8 Å². The molecule has 3 heteroatoms. The van der Waals surface area contributed by atoms with Crippen LogP contribution in [0.4, 0.5) is 4.39 Å². The molecule has 1 aromatic carbocycles. The van der Waals surface area contributed by atoms with Crippen molar-refractivity contribution in [1.29, 1.82) is 0 Å². The number of rotatable bonds is 2. The maximum absolute atomic E-state index is 13.3. The van der Waals surface area contributed by atoms with Crippen molar-refractivity contribution in [2.45, 2.75) is 19.4 Å². The summed E-state index contributed by atoms with van der Waals surface area (Å²) in [6.45, 7) is 6.82. The summed E-state index contributed by atoms with van der Waals surface area (Å²) >= 11 is 0. The van der Waals surface area contributed by atoms with Crippen LogP contribution in [0, 0.1) is 17.7 Å². The number of likely N-dealkylation sites (tertiary alicyclic amines) is 1. The number of hydrogen-bond donors (Lipinski definition) is 1. The molecule has 2 aliphatic rings. The molecule has 2 heterocycles. The highest BCUT2D eigenvalue weighted by atomic mass is 19.1. The predicted octanol–water partition coefficient (Wildman–Crippen LogP) is 2.43. The minimum atomic E-state index is -0.128. The van der Waals surface area contributed by atoms with Gasteiger partial charge in [0.25, 0.3) is 0 Å². The molecule has 0 amide bonds. The molecule has 1 aromatic rings. The van der Waals surface area contributed by atoms with Crippen LogP contribution in [0.15, 0.2) is 24.3 Å².